The van der Waals surface area contributed by atoms with Crippen LogP contribution in [0.3, 0.4) is 0 Å². The fraction of sp³-hybridized carbons (Fsp3) is 0.0248. The van der Waals surface area contributed by atoms with E-state index in [-0.39, 0.29) is 5.41 Å². The third-order valence-electron chi connectivity index (χ3n) is 27.8. The normalized spacial score (nSPS) is 12.8. The Morgan fingerprint density at radius 2 is 0.579 bits per heavy atom. The third-order valence-corrected chi connectivity index (χ3v) is 28.9. The highest BCUT2D eigenvalue weighted by Gasteiger charge is 2.38. The van der Waals surface area contributed by atoms with Gasteiger partial charge in [-0.3, -0.25) is 13.7 Å². The highest BCUT2D eigenvalue weighted by molar-refractivity contribution is 7.25. The number of ether oxygens (including phenoxy) is 3. The summed E-state index contributed by atoms with van der Waals surface area (Å²) in [5.74, 6) is 7.68. The van der Waals surface area contributed by atoms with E-state index in [0.29, 0.717) is 5.56 Å². The molecule has 0 saturated heterocycles. The second-order valence-electron chi connectivity index (χ2n) is 35.3. The summed E-state index contributed by atoms with van der Waals surface area (Å²) in [5, 5.41) is 28.7. The first-order chi connectivity index (χ1) is 65.7. The first-order valence-electron chi connectivity index (χ1n) is 44.9. The molecule has 12 heteroatoms. The maximum Gasteiger partial charge on any atom is 0.153 e. The van der Waals surface area contributed by atoms with Crippen molar-refractivity contribution in [3.8, 4) is 136 Å². The summed E-state index contributed by atoms with van der Waals surface area (Å²) in [4.78, 5) is 15.9. The smallest absolute Gasteiger partial charge is 0.153 e. The number of imidazole rings is 3. The van der Waals surface area contributed by atoms with Gasteiger partial charge >= 0.3 is 0 Å². The molecule has 5 aromatic heterocycles. The van der Waals surface area contributed by atoms with E-state index in [4.69, 9.17) is 33.6 Å². The summed E-state index contributed by atoms with van der Waals surface area (Å²) in [6, 6.07) is 141. The van der Waals surface area contributed by atoms with E-state index >= 15 is 0 Å². The van der Waals surface area contributed by atoms with Gasteiger partial charge in [0, 0.05) is 53.1 Å². The fourth-order valence-electron chi connectivity index (χ4n) is 22.0. The Kier molecular flexibility index (Phi) is 16.0. The number of thiophene rings is 1. The molecule has 4 aliphatic rings. The molecule has 0 radical (unpaired) electrons. The minimum absolute atomic E-state index is 0.231. The molecule has 133 heavy (non-hydrogen) atoms. The van der Waals surface area contributed by atoms with Crippen LogP contribution in [-0.4, -0.2) is 28.7 Å². The van der Waals surface area contributed by atoms with Crippen LogP contribution < -0.4 is 14.2 Å². The summed E-state index contributed by atoms with van der Waals surface area (Å²) < 4.78 is 34.9. The van der Waals surface area contributed by atoms with Crippen LogP contribution in [0.15, 0.2) is 399 Å². The maximum atomic E-state index is 9.63. The van der Waals surface area contributed by atoms with Gasteiger partial charge in [-0.2, -0.15) is 5.26 Å². The lowest BCUT2D eigenvalue weighted by molar-refractivity contribution is 0.475. The summed E-state index contributed by atoms with van der Waals surface area (Å²) in [7, 11) is 0. The minimum atomic E-state index is -0.231. The summed E-state index contributed by atoms with van der Waals surface area (Å²) in [6.45, 7) is 4.54. The molecule has 8 heterocycles. The number of aromatic nitrogens is 6. The van der Waals surface area contributed by atoms with Gasteiger partial charge in [0.1, 0.15) is 45.2 Å². The largest absolute Gasteiger partial charge is 0.456 e. The molecule has 0 unspecified atom stereocenters. The predicted molar refractivity (Wildman–Crippen MR) is 544 cm³/mol. The van der Waals surface area contributed by atoms with Gasteiger partial charge in [0.15, 0.2) is 34.5 Å². The Bertz CT molecular complexity index is 9140. The topological polar surface area (TPSA) is 118 Å². The summed E-state index contributed by atoms with van der Waals surface area (Å²) >= 11 is 1.86. The highest BCUT2D eigenvalue weighted by Crippen LogP contribution is 2.57. The van der Waals surface area contributed by atoms with Gasteiger partial charge in [-0.1, -0.05) is 287 Å². The first-order valence-corrected chi connectivity index (χ1v) is 45.7. The molecular weight excluding hydrogens is 1650 g/mol. The van der Waals surface area contributed by atoms with E-state index in [1.54, 1.807) is 0 Å². The van der Waals surface area contributed by atoms with Crippen LogP contribution in [0.1, 0.15) is 30.5 Å². The van der Waals surface area contributed by atoms with Crippen molar-refractivity contribution in [1.29, 1.82) is 5.26 Å². The van der Waals surface area contributed by atoms with Gasteiger partial charge in [-0.25, -0.2) is 15.0 Å². The summed E-state index contributed by atoms with van der Waals surface area (Å²) in [5.41, 5.74) is 26.5. The Balaban J connectivity index is 0.0000000997. The average molecular weight is 1720 g/mol. The third kappa shape index (κ3) is 11.0. The van der Waals surface area contributed by atoms with Crippen LogP contribution in [0.5, 0.6) is 34.5 Å². The van der Waals surface area contributed by atoms with E-state index < -0.39 is 0 Å². The zero-order chi connectivity index (χ0) is 87.6. The molecule has 0 saturated carbocycles. The van der Waals surface area contributed by atoms with Crippen molar-refractivity contribution in [2.24, 2.45) is 0 Å². The maximum absolute atomic E-state index is 9.63. The molecule has 1 aliphatic carbocycles. The average Bonchev–Trinajstić information content (AvgIpc) is 1.63. The number of nitriles is 1. The standard InChI is InChI=1S/C43H27N3O.C39H22N2O2.C39H22N2OS/c1-43(2)33-22-25(24-44)18-20-27(33)28-21-19-26(23-34(28)43)39-29-10-3-5-12-31(29)40(32-13-6-4-11-30(32)39)42-45-35-14-9-17-38-41(35)46(42)36-15-7-8-16-37(36)47-38;1-3-13-28-26(11-1)36(23-20-21-25-24-10-5-7-17-32(24)42-35(25)22-23)27-12-2-4-14-29(27)37(28)39-40-30-15-9-19-34-38(30)41(39)31-16-6-8-18-33(31)43-34;1-3-13-28-26(11-1)36(23-20-21-25-24-10-5-8-19-34(24)43-35(25)22-23)27-12-2-4-14-29(27)37(28)39-40-30-15-9-18-33-38(30)41(39)31-16-6-7-17-32(31)42-33/h3-23H,1-2H3;2*1-22H. The fourth-order valence-corrected chi connectivity index (χ4v) is 23.2. The Labute approximate surface area is 765 Å². The van der Waals surface area contributed by atoms with Crippen molar-refractivity contribution in [3.05, 3.63) is 411 Å². The molecule has 0 bridgehead atoms. The van der Waals surface area contributed by atoms with Crippen LogP contribution in [0.2, 0.25) is 0 Å². The van der Waals surface area contributed by atoms with Gasteiger partial charge in [0.05, 0.1) is 45.2 Å². The van der Waals surface area contributed by atoms with Crippen LogP contribution in [0, 0.1) is 11.3 Å². The number of hydrogen-bond acceptors (Lipinski definition) is 9. The molecular formula is C121H71N7O4S. The van der Waals surface area contributed by atoms with Crippen LogP contribution in [0.25, 0.3) is 236 Å². The second kappa shape index (κ2) is 28.5. The lowest BCUT2D eigenvalue weighted by Crippen LogP contribution is -2.15. The molecule has 0 N–H and O–H groups in total. The molecule has 0 atom stereocenters. The molecule has 0 fully saturated rings. The van der Waals surface area contributed by atoms with Crippen molar-refractivity contribution < 1.29 is 18.6 Å². The predicted octanol–water partition coefficient (Wildman–Crippen LogP) is 32.8. The van der Waals surface area contributed by atoms with E-state index in [1.165, 1.54) is 113 Å². The van der Waals surface area contributed by atoms with Crippen molar-refractivity contribution in [3.63, 3.8) is 0 Å². The number of para-hydroxylation sites is 10. The number of benzene rings is 21. The first kappa shape index (κ1) is 74.6. The van der Waals surface area contributed by atoms with Gasteiger partial charge in [-0.05, 0) is 242 Å². The summed E-state index contributed by atoms with van der Waals surface area (Å²) in [6.07, 6.45) is 0. The molecule has 11 nitrogen and oxygen atoms in total. The number of hydrogen-bond donors (Lipinski definition) is 0. The van der Waals surface area contributed by atoms with E-state index in [0.717, 1.165) is 168 Å². The lowest BCUT2D eigenvalue weighted by atomic mass is 9.80. The molecule has 620 valence electrons. The van der Waals surface area contributed by atoms with Gasteiger partial charge in [-0.15, -0.1) is 11.3 Å². The molecule has 0 amide bonds. The van der Waals surface area contributed by atoms with Crippen molar-refractivity contribution in [1.82, 2.24) is 28.7 Å². The second-order valence-corrected chi connectivity index (χ2v) is 36.4. The Morgan fingerprint density at radius 1 is 0.263 bits per heavy atom. The Hall–Kier alpha value is -17.5. The van der Waals surface area contributed by atoms with Gasteiger partial charge in [0.25, 0.3) is 0 Å². The lowest BCUT2D eigenvalue weighted by Gasteiger charge is -2.24. The van der Waals surface area contributed by atoms with Crippen LogP contribution in [0.4, 0.5) is 0 Å². The van der Waals surface area contributed by atoms with Crippen molar-refractivity contribution >= 4 is 151 Å². The molecule has 26 aromatic rings. The van der Waals surface area contributed by atoms with E-state index in [1.807, 2.05) is 102 Å². The van der Waals surface area contributed by atoms with Gasteiger partial charge < -0.3 is 18.6 Å². The van der Waals surface area contributed by atoms with E-state index in [9.17, 15) is 5.26 Å². The monoisotopic (exact) mass is 1720 g/mol. The molecule has 30 rings (SSSR count). The number of rotatable bonds is 6. The number of nitrogens with zero attached hydrogens (tertiary/aromatic N) is 7. The minimum Gasteiger partial charge on any atom is -0.456 e. The highest BCUT2D eigenvalue weighted by atomic mass is 32.1. The zero-order valence-corrected chi connectivity index (χ0v) is 72.5. The van der Waals surface area contributed by atoms with E-state index in [2.05, 4.69) is 337 Å². The Morgan fingerprint density at radius 3 is 1.01 bits per heavy atom. The van der Waals surface area contributed by atoms with Gasteiger partial charge in [0.2, 0.25) is 0 Å². The number of fused-ring (bicyclic) bond motifs is 21. The van der Waals surface area contributed by atoms with Crippen LogP contribution in [-0.2, 0) is 5.41 Å². The number of furan rings is 1. The molecule has 21 aromatic carbocycles. The van der Waals surface area contributed by atoms with Crippen LogP contribution >= 0.6 is 11.3 Å². The SMILES string of the molecule is CC1(C)c2cc(C#N)ccc2-c2ccc(-c3c4ccccc4c(-c4nc5cccc6c5n4-c4ccccc4O6)c4ccccc34)cc21.c1ccc2c(c1)Oc1cccc3nc(-c4c5ccccc5c(-c5ccc6c(c5)oc5ccccc56)c5ccccc45)n-2c13.c1ccc2c(c1)Oc1cccc3nc(-c4c5ccccc5c(-c5ccc6c(c5)sc5ccccc56)c5ccccc45)n-2c13. The van der Waals surface area contributed by atoms with Crippen molar-refractivity contribution in [2.75, 3.05) is 0 Å². The quantitative estimate of drug-likeness (QED) is 0.151. The zero-order valence-electron chi connectivity index (χ0n) is 71.7. The molecule has 3 aliphatic heterocycles. The van der Waals surface area contributed by atoms with Crippen molar-refractivity contribution in [2.45, 2.75) is 19.3 Å². The molecule has 0 spiro atoms.